The fourth-order valence-corrected chi connectivity index (χ4v) is 1.31. The molecule has 0 amide bonds. The van der Waals surface area contributed by atoms with Gasteiger partial charge >= 0.3 is 6.18 Å². The van der Waals surface area contributed by atoms with Crippen molar-refractivity contribution in [3.63, 3.8) is 0 Å². The number of ether oxygens (including phenoxy) is 1. The summed E-state index contributed by atoms with van der Waals surface area (Å²) in [7, 11) is 0. The minimum Gasteiger partial charge on any atom is -0.378 e. The molecule has 0 radical (unpaired) electrons. The minimum atomic E-state index is -4.27. The van der Waals surface area contributed by atoms with Gasteiger partial charge in [0.2, 0.25) is 0 Å². The van der Waals surface area contributed by atoms with Crippen LogP contribution in [0.15, 0.2) is 24.3 Å². The van der Waals surface area contributed by atoms with Crippen molar-refractivity contribution >= 4 is 18.1 Å². The van der Waals surface area contributed by atoms with E-state index < -0.39 is 11.7 Å². The van der Waals surface area contributed by atoms with Crippen LogP contribution in [0.4, 0.5) is 18.9 Å². The minimum absolute atomic E-state index is 0. The van der Waals surface area contributed by atoms with E-state index >= 15 is 0 Å². The van der Waals surface area contributed by atoms with Gasteiger partial charge in [-0.15, -0.1) is 12.4 Å². The van der Waals surface area contributed by atoms with Gasteiger partial charge in [0.1, 0.15) is 0 Å². The predicted octanol–water partition coefficient (Wildman–Crippen LogP) is 2.94. The molecule has 0 atom stereocenters. The Morgan fingerprint density at radius 2 is 1.69 bits per heavy atom. The average Bonchev–Trinajstić information content (AvgIpc) is 2.11. The van der Waals surface area contributed by atoms with E-state index in [0.717, 1.165) is 12.1 Å². The molecule has 1 saturated heterocycles. The fraction of sp³-hybridized carbons (Fsp3) is 0.400. The van der Waals surface area contributed by atoms with Gasteiger partial charge in [0, 0.05) is 5.69 Å². The number of anilines is 1. The Kier molecular flexibility index (Phi) is 4.04. The molecule has 90 valence electrons. The lowest BCUT2D eigenvalue weighted by Crippen LogP contribution is -2.40. The Morgan fingerprint density at radius 1 is 1.12 bits per heavy atom. The fourth-order valence-electron chi connectivity index (χ4n) is 1.31. The molecule has 1 aromatic rings. The topological polar surface area (TPSA) is 21.3 Å². The van der Waals surface area contributed by atoms with Gasteiger partial charge in [-0.1, -0.05) is 0 Å². The summed E-state index contributed by atoms with van der Waals surface area (Å²) >= 11 is 0. The molecule has 1 N–H and O–H groups in total. The maximum Gasteiger partial charge on any atom is 0.416 e. The standard InChI is InChI=1S/C10H10F3NO.ClH/c11-10(12,13)7-1-3-8(4-2-7)14-9-5-15-6-9;/h1-4,9,14H,5-6H2;1H. The maximum atomic E-state index is 12.2. The van der Waals surface area contributed by atoms with E-state index in [2.05, 4.69) is 5.32 Å². The summed E-state index contributed by atoms with van der Waals surface area (Å²) in [5.41, 5.74) is 0.0641. The van der Waals surface area contributed by atoms with Crippen molar-refractivity contribution in [2.75, 3.05) is 18.5 Å². The van der Waals surface area contributed by atoms with Crippen LogP contribution in [0.2, 0.25) is 0 Å². The van der Waals surface area contributed by atoms with Crippen molar-refractivity contribution < 1.29 is 17.9 Å². The molecule has 2 rings (SSSR count). The molecule has 1 aliphatic rings. The van der Waals surface area contributed by atoms with Crippen LogP contribution in [0.3, 0.4) is 0 Å². The molecular formula is C10H11ClF3NO. The van der Waals surface area contributed by atoms with Gasteiger partial charge in [-0.3, -0.25) is 0 Å². The van der Waals surface area contributed by atoms with E-state index in [0.29, 0.717) is 18.9 Å². The summed E-state index contributed by atoms with van der Waals surface area (Å²) in [6, 6.07) is 5.23. The quantitative estimate of drug-likeness (QED) is 0.875. The number of nitrogens with one attached hydrogen (secondary N) is 1. The third kappa shape index (κ3) is 3.02. The lowest BCUT2D eigenvalue weighted by molar-refractivity contribution is -0.137. The first kappa shape index (κ1) is 13.1. The third-order valence-corrected chi connectivity index (χ3v) is 2.22. The third-order valence-electron chi connectivity index (χ3n) is 2.22. The predicted molar refractivity (Wildman–Crippen MR) is 56.9 cm³/mol. The van der Waals surface area contributed by atoms with Crippen molar-refractivity contribution in [1.82, 2.24) is 0 Å². The Balaban J connectivity index is 0.00000128. The zero-order chi connectivity index (χ0) is 10.9. The number of hydrogen-bond donors (Lipinski definition) is 1. The first-order valence-electron chi connectivity index (χ1n) is 4.57. The van der Waals surface area contributed by atoms with Crippen molar-refractivity contribution in [1.29, 1.82) is 0 Å². The van der Waals surface area contributed by atoms with Crippen molar-refractivity contribution in [2.24, 2.45) is 0 Å². The highest BCUT2D eigenvalue weighted by atomic mass is 35.5. The van der Waals surface area contributed by atoms with Crippen LogP contribution in [0.25, 0.3) is 0 Å². The van der Waals surface area contributed by atoms with Crippen molar-refractivity contribution in [3.05, 3.63) is 29.8 Å². The highest BCUT2D eigenvalue weighted by Crippen LogP contribution is 2.29. The van der Waals surface area contributed by atoms with Gasteiger partial charge in [-0.2, -0.15) is 13.2 Å². The van der Waals surface area contributed by atoms with Gasteiger partial charge in [-0.05, 0) is 24.3 Å². The zero-order valence-electron chi connectivity index (χ0n) is 8.25. The first-order chi connectivity index (χ1) is 7.05. The Labute approximate surface area is 97.2 Å². The van der Waals surface area contributed by atoms with Crippen molar-refractivity contribution in [2.45, 2.75) is 12.2 Å². The highest BCUT2D eigenvalue weighted by Gasteiger charge is 2.30. The van der Waals surface area contributed by atoms with Gasteiger partial charge < -0.3 is 10.1 Å². The molecule has 0 aliphatic carbocycles. The molecular weight excluding hydrogens is 243 g/mol. The van der Waals surface area contributed by atoms with Crippen LogP contribution in [-0.4, -0.2) is 19.3 Å². The summed E-state index contributed by atoms with van der Waals surface area (Å²) in [6.45, 7) is 1.22. The van der Waals surface area contributed by atoms with Crippen LogP contribution in [0.1, 0.15) is 5.56 Å². The second-order valence-electron chi connectivity index (χ2n) is 3.45. The largest absolute Gasteiger partial charge is 0.416 e. The van der Waals surface area contributed by atoms with Gasteiger partial charge in [-0.25, -0.2) is 0 Å². The van der Waals surface area contributed by atoms with Gasteiger partial charge in [0.15, 0.2) is 0 Å². The summed E-state index contributed by atoms with van der Waals surface area (Å²) in [5, 5.41) is 3.06. The number of alkyl halides is 3. The first-order valence-corrected chi connectivity index (χ1v) is 4.57. The van der Waals surface area contributed by atoms with E-state index in [-0.39, 0.29) is 18.4 Å². The van der Waals surface area contributed by atoms with Crippen LogP contribution in [0, 0.1) is 0 Å². The Hall–Kier alpha value is -0.940. The van der Waals surface area contributed by atoms with E-state index in [1.54, 1.807) is 0 Å². The number of rotatable bonds is 2. The molecule has 0 saturated carbocycles. The summed E-state index contributed by atoms with van der Waals surface area (Å²) in [6.07, 6.45) is -4.27. The molecule has 2 nitrogen and oxygen atoms in total. The molecule has 0 bridgehead atoms. The number of benzene rings is 1. The molecule has 0 spiro atoms. The molecule has 16 heavy (non-hydrogen) atoms. The van der Waals surface area contributed by atoms with Crippen molar-refractivity contribution in [3.8, 4) is 0 Å². The zero-order valence-corrected chi connectivity index (χ0v) is 9.07. The molecule has 1 fully saturated rings. The molecule has 0 unspecified atom stereocenters. The normalized spacial score (nSPS) is 16.2. The summed E-state index contributed by atoms with van der Waals surface area (Å²) in [4.78, 5) is 0. The average molecular weight is 254 g/mol. The lowest BCUT2D eigenvalue weighted by Gasteiger charge is -2.27. The van der Waals surface area contributed by atoms with E-state index in [1.807, 2.05) is 0 Å². The summed E-state index contributed by atoms with van der Waals surface area (Å²) < 4.78 is 41.6. The van der Waals surface area contributed by atoms with E-state index in [9.17, 15) is 13.2 Å². The number of halogens is 4. The lowest BCUT2D eigenvalue weighted by atomic mass is 10.2. The summed E-state index contributed by atoms with van der Waals surface area (Å²) in [5.74, 6) is 0. The molecule has 1 aliphatic heterocycles. The smallest absolute Gasteiger partial charge is 0.378 e. The molecule has 1 heterocycles. The van der Waals surface area contributed by atoms with Gasteiger partial charge in [0.05, 0.1) is 24.8 Å². The maximum absolute atomic E-state index is 12.2. The second-order valence-corrected chi connectivity index (χ2v) is 3.45. The molecule has 1 aromatic carbocycles. The monoisotopic (exact) mass is 253 g/mol. The molecule has 6 heteroatoms. The van der Waals surface area contributed by atoms with Gasteiger partial charge in [0.25, 0.3) is 0 Å². The molecule has 0 aromatic heterocycles. The van der Waals surface area contributed by atoms with Crippen LogP contribution in [0.5, 0.6) is 0 Å². The highest BCUT2D eigenvalue weighted by molar-refractivity contribution is 5.85. The SMILES string of the molecule is Cl.FC(F)(F)c1ccc(NC2COC2)cc1. The van der Waals surface area contributed by atoms with Crippen LogP contribution < -0.4 is 5.32 Å². The Morgan fingerprint density at radius 3 is 2.06 bits per heavy atom. The Bertz CT molecular complexity index is 335. The van der Waals surface area contributed by atoms with E-state index in [4.69, 9.17) is 4.74 Å². The van der Waals surface area contributed by atoms with Crippen LogP contribution >= 0.6 is 12.4 Å². The van der Waals surface area contributed by atoms with E-state index in [1.165, 1.54) is 12.1 Å². The second kappa shape index (κ2) is 4.93. The van der Waals surface area contributed by atoms with Crippen LogP contribution in [-0.2, 0) is 10.9 Å². The number of hydrogen-bond acceptors (Lipinski definition) is 2.